The molecule has 0 fully saturated rings. The van der Waals surface area contributed by atoms with Crippen molar-refractivity contribution < 1.29 is 0 Å². The fraction of sp³-hybridized carbons (Fsp3) is 0.0943. The van der Waals surface area contributed by atoms with Crippen molar-refractivity contribution in [2.45, 2.75) is 33.9 Å². The molecule has 6 aromatic heterocycles. The molecule has 2 N–H and O–H groups in total. The van der Waals surface area contributed by atoms with E-state index >= 15 is 0 Å². The first kappa shape index (κ1) is 43.7. The Hall–Kier alpha value is -9.13. The Morgan fingerprint density at radius 2 is 1.00 bits per heavy atom. The van der Waals surface area contributed by atoms with E-state index in [0.29, 0.717) is 18.2 Å². The molecule has 0 radical (unpaired) electrons. The van der Waals surface area contributed by atoms with Crippen molar-refractivity contribution >= 4 is 89.0 Å². The summed E-state index contributed by atoms with van der Waals surface area (Å²) in [4.78, 5) is 8.90. The molecule has 336 valence electrons. The van der Waals surface area contributed by atoms with Gasteiger partial charge in [0.05, 0.1) is 76.8 Å². The molecule has 16 heteroatoms. The summed E-state index contributed by atoms with van der Waals surface area (Å²) in [6, 6.07) is 46.1. The molecule has 69 heavy (non-hydrogen) atoms. The first-order chi connectivity index (χ1) is 33.8. The second kappa shape index (κ2) is 19.4. The number of halogens is 1. The van der Waals surface area contributed by atoms with Gasteiger partial charge in [-0.25, -0.2) is 14.6 Å². The maximum Gasteiger partial charge on any atom is 0.160 e. The fourth-order valence-electron chi connectivity index (χ4n) is 8.01. The van der Waals surface area contributed by atoms with Crippen molar-refractivity contribution in [3.05, 3.63) is 186 Å². The van der Waals surface area contributed by atoms with Crippen LogP contribution in [-0.2, 0) is 13.1 Å². The number of nitrogens with one attached hydrogen (secondary N) is 2. The first-order valence-corrected chi connectivity index (χ1v) is 22.3. The normalized spacial score (nSPS) is 11.0. The number of hydrogen-bond acceptors (Lipinski definition) is 12. The quantitative estimate of drug-likeness (QED) is 0.139. The summed E-state index contributed by atoms with van der Waals surface area (Å²) in [5.74, 6) is 4.11. The predicted molar refractivity (Wildman–Crippen MR) is 273 cm³/mol. The van der Waals surface area contributed by atoms with Gasteiger partial charge in [-0.05, 0) is 69.3 Å². The van der Waals surface area contributed by atoms with Crippen molar-refractivity contribution in [2.24, 2.45) is 0 Å². The molecule has 0 saturated carbocycles. The van der Waals surface area contributed by atoms with E-state index in [9.17, 15) is 0 Å². The minimum Gasteiger partial charge on any atom is -0.338 e. The lowest BCUT2D eigenvalue weighted by molar-refractivity contribution is 0.770. The van der Waals surface area contributed by atoms with Crippen molar-refractivity contribution in [2.75, 3.05) is 10.6 Å². The van der Waals surface area contributed by atoms with Gasteiger partial charge >= 0.3 is 0 Å². The molecule has 0 aliphatic rings. The van der Waals surface area contributed by atoms with Gasteiger partial charge in [-0.2, -0.15) is 15.3 Å². The molecule has 0 amide bonds. The topological polar surface area (TPSA) is 168 Å². The first-order valence-electron chi connectivity index (χ1n) is 21.9. The van der Waals surface area contributed by atoms with Crippen LogP contribution in [0.15, 0.2) is 158 Å². The number of anilines is 4. The van der Waals surface area contributed by atoms with Crippen LogP contribution in [0.3, 0.4) is 0 Å². The molecule has 15 nitrogen and oxygen atoms in total. The predicted octanol–water partition coefficient (Wildman–Crippen LogP) is 10.9. The van der Waals surface area contributed by atoms with Gasteiger partial charge < -0.3 is 19.8 Å². The maximum absolute atomic E-state index is 5.86. The lowest BCUT2D eigenvalue weighted by Crippen LogP contribution is -2.00. The second-order valence-electron chi connectivity index (χ2n) is 16.1. The minimum atomic E-state index is 0.469. The number of imidazole rings is 2. The fourth-order valence-corrected chi connectivity index (χ4v) is 8.21. The number of nitrogens with zero attached hydrogens (tertiary/aromatic N) is 13. The van der Waals surface area contributed by atoms with Gasteiger partial charge in [0.2, 0.25) is 0 Å². The van der Waals surface area contributed by atoms with Crippen LogP contribution in [0.5, 0.6) is 0 Å². The van der Waals surface area contributed by atoms with Crippen LogP contribution in [0.1, 0.15) is 22.8 Å². The summed E-state index contributed by atoms with van der Waals surface area (Å²) in [6.07, 6.45) is 10.9. The summed E-state index contributed by atoms with van der Waals surface area (Å²) < 4.78 is 5.79. The van der Waals surface area contributed by atoms with Crippen LogP contribution in [0.2, 0.25) is 5.15 Å². The van der Waals surface area contributed by atoms with E-state index < -0.39 is 0 Å². The van der Waals surface area contributed by atoms with Crippen LogP contribution in [0, 0.1) is 33.1 Å². The zero-order valence-electron chi connectivity index (χ0n) is 37.7. The number of aryl methyl sites for hydroxylation is 3. The maximum atomic E-state index is 5.86. The van der Waals surface area contributed by atoms with Gasteiger partial charge in [0.25, 0.3) is 0 Å². The van der Waals surface area contributed by atoms with Crippen LogP contribution in [0.4, 0.5) is 23.0 Å². The van der Waals surface area contributed by atoms with Crippen molar-refractivity contribution in [3.8, 4) is 18.0 Å². The molecular formula is C53H42ClN15. The average molecular weight is 924 g/mol. The summed E-state index contributed by atoms with van der Waals surface area (Å²) in [5.41, 5.74) is 10.2. The molecule has 6 heterocycles. The number of rotatable bonds is 8. The van der Waals surface area contributed by atoms with E-state index in [4.69, 9.17) is 18.0 Å². The van der Waals surface area contributed by atoms with E-state index in [1.807, 2.05) is 153 Å². The highest BCUT2D eigenvalue weighted by molar-refractivity contribution is 6.34. The van der Waals surface area contributed by atoms with Crippen LogP contribution >= 0.6 is 11.6 Å². The number of fused-ring (bicyclic) bond motifs is 5. The molecule has 0 bridgehead atoms. The number of benzene rings is 6. The van der Waals surface area contributed by atoms with Gasteiger partial charge in [-0.3, -0.25) is 0 Å². The molecule has 0 atom stereocenters. The highest BCUT2D eigenvalue weighted by Crippen LogP contribution is 2.29. The van der Waals surface area contributed by atoms with Gasteiger partial charge in [0.15, 0.2) is 16.8 Å². The summed E-state index contributed by atoms with van der Waals surface area (Å²) >= 11 is 5.86. The standard InChI is InChI=1S/C25H20N8.C19H15N5.C9H7ClN2/c1-17-21-9-5-6-10-22(21)25(30-28-17)27-18-11-12-23-24(13-18)32(16-26-23)14-19-15-33(31-29-19)20-7-3-2-4-8-20;1-3-10-24-12-20-17-9-8-14(11-18(17)24)21-19-16-7-5-4-6-15(16)13(2)22-23-19;1-6-7-4-2-3-5-8(7)9(10)12-11-6/h2-13,15-16H,14H2,1H3,(H,27,30);1,4-9,11-12H,10H2,2H3,(H,21,23);2-5H,1H3. The molecule has 0 spiro atoms. The highest BCUT2D eigenvalue weighted by Gasteiger charge is 2.12. The van der Waals surface area contributed by atoms with E-state index in [1.165, 1.54) is 0 Å². The third-order valence-corrected chi connectivity index (χ3v) is 11.8. The van der Waals surface area contributed by atoms with Gasteiger partial charge in [-0.1, -0.05) is 114 Å². The number of aromatic nitrogens is 13. The van der Waals surface area contributed by atoms with E-state index in [2.05, 4.69) is 96.3 Å². The molecular weight excluding hydrogens is 882 g/mol. The van der Waals surface area contributed by atoms with Crippen LogP contribution in [-0.4, -0.2) is 64.7 Å². The molecule has 6 aromatic carbocycles. The Morgan fingerprint density at radius 1 is 0.522 bits per heavy atom. The van der Waals surface area contributed by atoms with Crippen LogP contribution < -0.4 is 10.6 Å². The van der Waals surface area contributed by atoms with E-state index in [-0.39, 0.29) is 0 Å². The average Bonchev–Trinajstić information content (AvgIpc) is 4.15. The smallest absolute Gasteiger partial charge is 0.160 e. The van der Waals surface area contributed by atoms with Crippen LogP contribution in [0.25, 0.3) is 60.1 Å². The number of terminal acetylenes is 1. The highest BCUT2D eigenvalue weighted by atomic mass is 35.5. The van der Waals surface area contributed by atoms with Gasteiger partial charge in [-0.15, -0.1) is 26.8 Å². The zero-order valence-corrected chi connectivity index (χ0v) is 38.5. The Balaban J connectivity index is 0.000000134. The Kier molecular flexibility index (Phi) is 12.3. The molecule has 12 rings (SSSR count). The van der Waals surface area contributed by atoms with Gasteiger partial charge in [0, 0.05) is 43.7 Å². The third-order valence-electron chi connectivity index (χ3n) is 11.5. The molecule has 0 saturated heterocycles. The van der Waals surface area contributed by atoms with Crippen molar-refractivity contribution in [3.63, 3.8) is 0 Å². The van der Waals surface area contributed by atoms with Gasteiger partial charge in [0.1, 0.15) is 5.69 Å². The second-order valence-corrected chi connectivity index (χ2v) is 16.4. The minimum absolute atomic E-state index is 0.469. The van der Waals surface area contributed by atoms with Crippen molar-refractivity contribution in [1.29, 1.82) is 0 Å². The third kappa shape index (κ3) is 9.33. The Morgan fingerprint density at radius 3 is 1.55 bits per heavy atom. The molecule has 0 unspecified atom stereocenters. The number of hydrogen-bond donors (Lipinski definition) is 2. The lowest BCUT2D eigenvalue weighted by Gasteiger charge is -2.10. The summed E-state index contributed by atoms with van der Waals surface area (Å²) in [6.45, 7) is 6.92. The number of para-hydroxylation sites is 1. The van der Waals surface area contributed by atoms with E-state index in [0.717, 1.165) is 106 Å². The Bertz CT molecular complexity index is 3800. The largest absolute Gasteiger partial charge is 0.338 e. The van der Waals surface area contributed by atoms with Crippen molar-refractivity contribution in [1.82, 2.24) is 64.7 Å². The molecule has 12 aromatic rings. The monoisotopic (exact) mass is 923 g/mol. The lowest BCUT2D eigenvalue weighted by atomic mass is 10.1. The Labute approximate surface area is 400 Å². The molecule has 0 aliphatic heterocycles. The summed E-state index contributed by atoms with van der Waals surface area (Å²) in [7, 11) is 0. The summed E-state index contributed by atoms with van der Waals surface area (Å²) in [5, 5.41) is 47.1. The molecule has 0 aliphatic carbocycles. The SMILES string of the molecule is C#CCn1cnc2ccc(Nc3nnc(C)c4ccccc34)cc21.Cc1nnc(Cl)c2ccccc12.Cc1nnc(Nc2ccc3ncn(Cc4cn(-c5ccccc5)nn4)c3c2)c2ccccc12. The van der Waals surface area contributed by atoms with E-state index in [1.54, 1.807) is 11.0 Å². The zero-order chi connectivity index (χ0) is 47.3.